The summed E-state index contributed by atoms with van der Waals surface area (Å²) in [6.45, 7) is 2.14. The first-order chi connectivity index (χ1) is 8.74. The molecule has 0 saturated heterocycles. The van der Waals surface area contributed by atoms with Crippen LogP contribution in [0.3, 0.4) is 0 Å². The van der Waals surface area contributed by atoms with E-state index in [1.54, 1.807) is 13.0 Å². The van der Waals surface area contributed by atoms with Gasteiger partial charge in [-0.25, -0.2) is 4.79 Å². The predicted octanol–water partition coefficient (Wildman–Crippen LogP) is 2.80. The Bertz CT molecular complexity index is 608. The third-order valence-electron chi connectivity index (χ3n) is 2.71. The van der Waals surface area contributed by atoms with Crippen LogP contribution in [0, 0.1) is 11.3 Å². The van der Waals surface area contributed by atoms with E-state index in [4.69, 9.17) is 10.00 Å². The standard InChI is InChI=1S/C14H14N2O2/c1-2-18-14(17)13-9-11-6-5-10(4-3-7-15)8-12(11)16-13/h5-6,8-9,16H,2-4H2,1H3. The Morgan fingerprint density at radius 3 is 3.00 bits per heavy atom. The molecule has 1 aromatic heterocycles. The van der Waals surface area contributed by atoms with Crippen LogP contribution in [0.4, 0.5) is 0 Å². The molecule has 0 aliphatic heterocycles. The number of hydrogen-bond acceptors (Lipinski definition) is 3. The van der Waals surface area contributed by atoms with Crippen molar-refractivity contribution in [3.63, 3.8) is 0 Å². The van der Waals surface area contributed by atoms with E-state index >= 15 is 0 Å². The molecule has 0 radical (unpaired) electrons. The summed E-state index contributed by atoms with van der Waals surface area (Å²) in [6.07, 6.45) is 1.22. The van der Waals surface area contributed by atoms with Crippen molar-refractivity contribution >= 4 is 16.9 Å². The van der Waals surface area contributed by atoms with Gasteiger partial charge in [-0.2, -0.15) is 5.26 Å². The van der Waals surface area contributed by atoms with Crippen LogP contribution in [0.1, 0.15) is 29.4 Å². The third-order valence-corrected chi connectivity index (χ3v) is 2.71. The average molecular weight is 242 g/mol. The number of aromatic amines is 1. The summed E-state index contributed by atoms with van der Waals surface area (Å²) < 4.78 is 4.94. The lowest BCUT2D eigenvalue weighted by atomic mass is 10.1. The number of H-pyrrole nitrogens is 1. The highest BCUT2D eigenvalue weighted by Crippen LogP contribution is 2.18. The molecule has 2 rings (SSSR count). The summed E-state index contributed by atoms with van der Waals surface area (Å²) in [7, 11) is 0. The quantitative estimate of drug-likeness (QED) is 0.838. The van der Waals surface area contributed by atoms with Crippen LogP contribution >= 0.6 is 0 Å². The molecule has 0 atom stereocenters. The zero-order valence-corrected chi connectivity index (χ0v) is 10.2. The number of hydrogen-bond donors (Lipinski definition) is 1. The summed E-state index contributed by atoms with van der Waals surface area (Å²) in [5.74, 6) is -0.340. The van der Waals surface area contributed by atoms with Gasteiger partial charge in [0, 0.05) is 17.3 Å². The lowest BCUT2D eigenvalue weighted by Gasteiger charge is -1.97. The van der Waals surface area contributed by atoms with Gasteiger partial charge in [-0.05, 0) is 31.0 Å². The van der Waals surface area contributed by atoms with Crippen LogP contribution in [-0.2, 0) is 11.2 Å². The van der Waals surface area contributed by atoms with E-state index in [1.807, 2.05) is 18.2 Å². The van der Waals surface area contributed by atoms with Gasteiger partial charge in [0.2, 0.25) is 0 Å². The number of aromatic nitrogens is 1. The zero-order chi connectivity index (χ0) is 13.0. The van der Waals surface area contributed by atoms with Crippen LogP contribution in [0.5, 0.6) is 0 Å². The SMILES string of the molecule is CCOC(=O)c1cc2ccc(CCC#N)cc2[nH]1. The van der Waals surface area contributed by atoms with E-state index in [9.17, 15) is 4.79 Å². The summed E-state index contributed by atoms with van der Waals surface area (Å²) >= 11 is 0. The lowest BCUT2D eigenvalue weighted by Crippen LogP contribution is -2.04. The molecule has 1 heterocycles. The van der Waals surface area contributed by atoms with Gasteiger partial charge in [0.15, 0.2) is 0 Å². The molecule has 18 heavy (non-hydrogen) atoms. The topological polar surface area (TPSA) is 65.9 Å². The Morgan fingerprint density at radius 1 is 1.44 bits per heavy atom. The van der Waals surface area contributed by atoms with Crippen molar-refractivity contribution in [3.05, 3.63) is 35.5 Å². The van der Waals surface area contributed by atoms with Gasteiger partial charge in [0.1, 0.15) is 5.69 Å². The Morgan fingerprint density at radius 2 is 2.28 bits per heavy atom. The second-order valence-corrected chi connectivity index (χ2v) is 3.98. The maximum Gasteiger partial charge on any atom is 0.354 e. The molecule has 92 valence electrons. The molecule has 4 heteroatoms. The molecule has 1 aromatic carbocycles. The summed E-state index contributed by atoms with van der Waals surface area (Å²) in [6, 6.07) is 9.79. The Hall–Kier alpha value is -2.28. The largest absolute Gasteiger partial charge is 0.461 e. The van der Waals surface area contributed by atoms with Crippen LogP contribution in [0.2, 0.25) is 0 Å². The minimum Gasteiger partial charge on any atom is -0.461 e. The summed E-state index contributed by atoms with van der Waals surface area (Å²) in [5, 5.41) is 9.53. The maximum atomic E-state index is 11.6. The van der Waals surface area contributed by atoms with Crippen molar-refractivity contribution in [2.24, 2.45) is 0 Å². The molecule has 0 aliphatic rings. The number of aryl methyl sites for hydroxylation is 1. The smallest absolute Gasteiger partial charge is 0.354 e. The number of nitrogens with zero attached hydrogens (tertiary/aromatic N) is 1. The minimum absolute atomic E-state index is 0.340. The highest BCUT2D eigenvalue weighted by molar-refractivity contribution is 5.94. The molecule has 0 amide bonds. The van der Waals surface area contributed by atoms with Gasteiger partial charge >= 0.3 is 5.97 Å². The molecule has 0 bridgehead atoms. The van der Waals surface area contributed by atoms with Crippen LogP contribution in [0.25, 0.3) is 10.9 Å². The van der Waals surface area contributed by atoms with E-state index in [2.05, 4.69) is 11.1 Å². The third kappa shape index (κ3) is 2.51. The number of benzene rings is 1. The van der Waals surface area contributed by atoms with Gasteiger partial charge in [-0.15, -0.1) is 0 Å². The average Bonchev–Trinajstić information content (AvgIpc) is 2.79. The first kappa shape index (κ1) is 12.2. The number of nitrogens with one attached hydrogen (secondary N) is 1. The molecule has 0 fully saturated rings. The van der Waals surface area contributed by atoms with E-state index in [-0.39, 0.29) is 5.97 Å². The number of carbonyl (C=O) groups excluding carboxylic acids is 1. The van der Waals surface area contributed by atoms with Gasteiger partial charge < -0.3 is 9.72 Å². The Kier molecular flexibility index (Phi) is 3.63. The Balaban J connectivity index is 2.28. The molecular weight excluding hydrogens is 228 g/mol. The molecule has 2 aromatic rings. The normalized spacial score (nSPS) is 10.2. The van der Waals surface area contributed by atoms with Crippen molar-refractivity contribution in [3.8, 4) is 6.07 Å². The number of rotatable bonds is 4. The predicted molar refractivity (Wildman–Crippen MR) is 68.2 cm³/mol. The molecule has 0 saturated carbocycles. The van der Waals surface area contributed by atoms with E-state index in [0.717, 1.165) is 22.9 Å². The monoisotopic (exact) mass is 242 g/mol. The number of carbonyl (C=O) groups is 1. The van der Waals surface area contributed by atoms with Crippen molar-refractivity contribution in [1.29, 1.82) is 5.26 Å². The van der Waals surface area contributed by atoms with Gasteiger partial charge in [-0.1, -0.05) is 12.1 Å². The first-order valence-electron chi connectivity index (χ1n) is 5.90. The molecule has 0 unspecified atom stereocenters. The molecule has 0 aliphatic carbocycles. The maximum absolute atomic E-state index is 11.6. The number of fused-ring (bicyclic) bond motifs is 1. The lowest BCUT2D eigenvalue weighted by molar-refractivity contribution is 0.0520. The molecular formula is C14H14N2O2. The highest BCUT2D eigenvalue weighted by atomic mass is 16.5. The van der Waals surface area contributed by atoms with Crippen LogP contribution in [0.15, 0.2) is 24.3 Å². The van der Waals surface area contributed by atoms with Crippen molar-refractivity contribution < 1.29 is 9.53 Å². The van der Waals surface area contributed by atoms with Crippen molar-refractivity contribution in [1.82, 2.24) is 4.98 Å². The summed E-state index contributed by atoms with van der Waals surface area (Å²) in [4.78, 5) is 14.6. The highest BCUT2D eigenvalue weighted by Gasteiger charge is 2.10. The Labute approximate surface area is 105 Å². The first-order valence-corrected chi connectivity index (χ1v) is 5.90. The van der Waals surface area contributed by atoms with E-state index < -0.39 is 0 Å². The fourth-order valence-corrected chi connectivity index (χ4v) is 1.85. The molecule has 4 nitrogen and oxygen atoms in total. The number of nitriles is 1. The fraction of sp³-hybridized carbons (Fsp3) is 0.286. The van der Waals surface area contributed by atoms with Crippen LogP contribution in [-0.4, -0.2) is 17.6 Å². The van der Waals surface area contributed by atoms with Gasteiger partial charge in [-0.3, -0.25) is 0 Å². The minimum atomic E-state index is -0.340. The van der Waals surface area contributed by atoms with E-state index in [0.29, 0.717) is 18.7 Å². The fourth-order valence-electron chi connectivity index (χ4n) is 1.85. The van der Waals surface area contributed by atoms with Gasteiger partial charge in [0.25, 0.3) is 0 Å². The van der Waals surface area contributed by atoms with Crippen molar-refractivity contribution in [2.75, 3.05) is 6.61 Å². The second-order valence-electron chi connectivity index (χ2n) is 3.98. The zero-order valence-electron chi connectivity index (χ0n) is 10.2. The second kappa shape index (κ2) is 5.37. The van der Waals surface area contributed by atoms with E-state index in [1.165, 1.54) is 0 Å². The molecule has 1 N–H and O–H groups in total. The number of esters is 1. The molecule has 0 spiro atoms. The summed E-state index contributed by atoms with van der Waals surface area (Å²) in [5.41, 5.74) is 2.44. The van der Waals surface area contributed by atoms with Gasteiger partial charge in [0.05, 0.1) is 12.7 Å². The number of ether oxygens (including phenoxy) is 1. The van der Waals surface area contributed by atoms with Crippen LogP contribution < -0.4 is 0 Å². The van der Waals surface area contributed by atoms with Crippen molar-refractivity contribution in [2.45, 2.75) is 19.8 Å².